The maximum Gasteiger partial charge on any atom is 0.164 e. The van der Waals surface area contributed by atoms with Crippen LogP contribution in [0.25, 0.3) is 61.7 Å². The van der Waals surface area contributed by atoms with Crippen molar-refractivity contribution in [3.8, 4) is 45.6 Å². The standard InChI is InChI=1S/C41H32F2N4O/c1-21-7-9-22(10-8-21)37-44-38(23-11-13-27(48-6)14-12-23)46-39(45-37)24-15-30-36-31(16-24)41(4,5)33-20-26(43)18-29-28-17-25(42)19-32(40(30,2)3)34(28)47(36)35(29)33/h7-20H,1-6H3. The molecule has 0 N–H and O–H groups in total. The zero-order valence-electron chi connectivity index (χ0n) is 27.5. The van der Waals surface area contributed by atoms with Crippen LogP contribution in [-0.4, -0.2) is 26.6 Å². The Balaban J connectivity index is 1.36. The van der Waals surface area contributed by atoms with Gasteiger partial charge in [0.15, 0.2) is 17.5 Å². The fourth-order valence-electron chi connectivity index (χ4n) is 7.83. The number of aryl methyl sites for hydroxylation is 1. The van der Waals surface area contributed by atoms with E-state index in [0.29, 0.717) is 17.5 Å². The Bertz CT molecular complexity index is 2410. The molecular weight excluding hydrogens is 602 g/mol. The van der Waals surface area contributed by atoms with Gasteiger partial charge >= 0.3 is 0 Å². The van der Waals surface area contributed by atoms with Crippen LogP contribution in [0.4, 0.5) is 8.78 Å². The third-order valence-corrected chi connectivity index (χ3v) is 10.5. The molecule has 48 heavy (non-hydrogen) atoms. The number of benzene rings is 5. The van der Waals surface area contributed by atoms with Gasteiger partial charge in [0.2, 0.25) is 0 Å². The van der Waals surface area contributed by atoms with Gasteiger partial charge in [-0.05, 0) is 89.8 Å². The Morgan fingerprint density at radius 2 is 1.00 bits per heavy atom. The number of methoxy groups -OCH3 is 1. The average molecular weight is 635 g/mol. The second-order valence-electron chi connectivity index (χ2n) is 14.1. The minimum Gasteiger partial charge on any atom is -0.497 e. The summed E-state index contributed by atoms with van der Waals surface area (Å²) in [5.41, 5.74) is 9.25. The van der Waals surface area contributed by atoms with Crippen molar-refractivity contribution in [2.75, 3.05) is 7.11 Å². The summed E-state index contributed by atoms with van der Waals surface area (Å²) >= 11 is 0. The van der Waals surface area contributed by atoms with Crippen LogP contribution in [-0.2, 0) is 10.8 Å². The second-order valence-corrected chi connectivity index (χ2v) is 14.1. The summed E-state index contributed by atoms with van der Waals surface area (Å²) in [6.45, 7) is 10.6. The minimum absolute atomic E-state index is 0.335. The zero-order valence-corrected chi connectivity index (χ0v) is 27.5. The SMILES string of the molecule is COc1ccc(-c2nc(-c3ccc(C)cc3)nc(-c3cc4c5c(c3)C(C)(C)c3cc(F)cc6c7cc(F)cc(c7n-5c36)C4(C)C)n2)cc1. The Hall–Kier alpha value is -5.43. The molecule has 4 heterocycles. The lowest BCUT2D eigenvalue weighted by Crippen LogP contribution is -2.33. The largest absolute Gasteiger partial charge is 0.497 e. The van der Waals surface area contributed by atoms with Gasteiger partial charge in [0, 0.05) is 38.3 Å². The number of fused-ring (bicyclic) bond motifs is 1. The van der Waals surface area contributed by atoms with Crippen molar-refractivity contribution in [2.24, 2.45) is 0 Å². The highest BCUT2D eigenvalue weighted by molar-refractivity contribution is 6.14. The molecule has 2 aromatic heterocycles. The van der Waals surface area contributed by atoms with E-state index in [-0.39, 0.29) is 11.6 Å². The van der Waals surface area contributed by atoms with E-state index in [2.05, 4.69) is 44.4 Å². The molecule has 2 aliphatic rings. The molecule has 0 unspecified atom stereocenters. The van der Waals surface area contributed by atoms with Gasteiger partial charge in [-0.15, -0.1) is 0 Å². The first-order valence-electron chi connectivity index (χ1n) is 16.1. The second kappa shape index (κ2) is 9.57. The highest BCUT2D eigenvalue weighted by Crippen LogP contribution is 2.56. The van der Waals surface area contributed by atoms with Gasteiger partial charge in [-0.2, -0.15) is 0 Å². The average Bonchev–Trinajstić information content (AvgIpc) is 3.39. The van der Waals surface area contributed by atoms with Crippen molar-refractivity contribution in [1.29, 1.82) is 0 Å². The lowest BCUT2D eigenvalue weighted by Gasteiger charge is -2.42. The summed E-state index contributed by atoms with van der Waals surface area (Å²) in [7, 11) is 1.64. The van der Waals surface area contributed by atoms with Crippen molar-refractivity contribution >= 4 is 21.8 Å². The number of nitrogens with zero attached hydrogens (tertiary/aromatic N) is 4. The smallest absolute Gasteiger partial charge is 0.164 e. The van der Waals surface area contributed by atoms with Crippen LogP contribution in [0.2, 0.25) is 0 Å². The number of hydrogen-bond donors (Lipinski definition) is 0. The van der Waals surface area contributed by atoms with E-state index >= 15 is 8.78 Å². The first-order chi connectivity index (χ1) is 22.9. The summed E-state index contributed by atoms with van der Waals surface area (Å²) < 4.78 is 38.5. The molecule has 0 saturated heterocycles. The van der Waals surface area contributed by atoms with E-state index in [9.17, 15) is 0 Å². The van der Waals surface area contributed by atoms with Crippen LogP contribution < -0.4 is 4.74 Å². The number of aromatic nitrogens is 4. The Morgan fingerprint density at radius 3 is 1.46 bits per heavy atom. The Kier molecular flexibility index (Phi) is 5.73. The highest BCUT2D eigenvalue weighted by atomic mass is 19.1. The monoisotopic (exact) mass is 634 g/mol. The number of halogens is 2. The van der Waals surface area contributed by atoms with Gasteiger partial charge in [0.05, 0.1) is 23.8 Å². The van der Waals surface area contributed by atoms with Gasteiger partial charge in [0.1, 0.15) is 17.4 Å². The minimum atomic E-state index is -0.581. The topological polar surface area (TPSA) is 52.8 Å². The van der Waals surface area contributed by atoms with Crippen molar-refractivity contribution in [3.63, 3.8) is 0 Å². The molecule has 0 fully saturated rings. The van der Waals surface area contributed by atoms with Crippen molar-refractivity contribution in [1.82, 2.24) is 19.5 Å². The molecule has 0 radical (unpaired) electrons. The third kappa shape index (κ3) is 3.84. The van der Waals surface area contributed by atoms with Crippen LogP contribution in [0.1, 0.15) is 55.5 Å². The van der Waals surface area contributed by atoms with Crippen LogP contribution in [0.15, 0.2) is 84.9 Å². The Morgan fingerprint density at radius 1 is 0.562 bits per heavy atom. The van der Waals surface area contributed by atoms with Crippen LogP contribution in [0, 0.1) is 18.6 Å². The van der Waals surface area contributed by atoms with Gasteiger partial charge in [-0.25, -0.2) is 23.7 Å². The molecular formula is C41H32F2N4O. The molecule has 5 nitrogen and oxygen atoms in total. The molecule has 236 valence electrons. The van der Waals surface area contributed by atoms with Crippen molar-refractivity contribution in [2.45, 2.75) is 45.4 Å². The third-order valence-electron chi connectivity index (χ3n) is 10.5. The van der Waals surface area contributed by atoms with Crippen LogP contribution in [0.5, 0.6) is 5.75 Å². The van der Waals surface area contributed by atoms with E-state index in [1.165, 1.54) is 0 Å². The van der Waals surface area contributed by atoms with E-state index in [4.69, 9.17) is 19.7 Å². The predicted molar refractivity (Wildman–Crippen MR) is 186 cm³/mol. The molecule has 7 aromatic rings. The van der Waals surface area contributed by atoms with E-state index in [1.807, 2.05) is 55.5 Å². The highest BCUT2D eigenvalue weighted by Gasteiger charge is 2.44. The summed E-state index contributed by atoms with van der Waals surface area (Å²) in [5.74, 6) is 1.69. The van der Waals surface area contributed by atoms with E-state index < -0.39 is 10.8 Å². The predicted octanol–water partition coefficient (Wildman–Crippen LogP) is 9.84. The molecule has 0 saturated carbocycles. The molecule has 5 aromatic carbocycles. The van der Waals surface area contributed by atoms with E-state index in [1.54, 1.807) is 31.4 Å². The van der Waals surface area contributed by atoms with E-state index in [0.717, 1.165) is 77.8 Å². The zero-order chi connectivity index (χ0) is 33.3. The van der Waals surface area contributed by atoms with Crippen molar-refractivity contribution in [3.05, 3.63) is 124 Å². The summed E-state index contributed by atoms with van der Waals surface area (Å²) in [5, 5.41) is 1.47. The van der Waals surface area contributed by atoms with Gasteiger partial charge < -0.3 is 9.30 Å². The molecule has 0 aliphatic carbocycles. The molecule has 0 atom stereocenters. The first-order valence-corrected chi connectivity index (χ1v) is 16.1. The molecule has 0 amide bonds. The molecule has 0 bridgehead atoms. The summed E-state index contributed by atoms with van der Waals surface area (Å²) in [6, 6.07) is 26.5. The van der Waals surface area contributed by atoms with Gasteiger partial charge in [-0.1, -0.05) is 57.5 Å². The Labute approximate surface area is 276 Å². The molecule has 7 heteroatoms. The molecule has 9 rings (SSSR count). The van der Waals surface area contributed by atoms with Gasteiger partial charge in [-0.3, -0.25) is 0 Å². The van der Waals surface area contributed by atoms with Crippen LogP contribution >= 0.6 is 0 Å². The van der Waals surface area contributed by atoms with Gasteiger partial charge in [0.25, 0.3) is 0 Å². The first kappa shape index (κ1) is 28.8. The fourth-order valence-corrected chi connectivity index (χ4v) is 7.83. The summed E-state index contributed by atoms with van der Waals surface area (Å²) in [4.78, 5) is 15.0. The summed E-state index contributed by atoms with van der Waals surface area (Å²) in [6.07, 6.45) is 0. The molecule has 2 aliphatic heterocycles. The van der Waals surface area contributed by atoms with Crippen LogP contribution in [0.3, 0.4) is 0 Å². The maximum atomic E-state index is 15.4. The lowest BCUT2D eigenvalue weighted by atomic mass is 9.68. The quantitative estimate of drug-likeness (QED) is 0.193. The fraction of sp³-hybridized carbons (Fsp3) is 0.195. The molecule has 0 spiro atoms. The number of hydrogen-bond acceptors (Lipinski definition) is 4. The van der Waals surface area contributed by atoms with Crippen molar-refractivity contribution < 1.29 is 13.5 Å². The number of ether oxygens (including phenoxy) is 1. The maximum absolute atomic E-state index is 15.4. The lowest BCUT2D eigenvalue weighted by molar-refractivity contribution is 0.415. The normalized spacial score (nSPS) is 15.0. The number of rotatable bonds is 4.